The molecule has 0 unspecified atom stereocenters. The third-order valence-corrected chi connectivity index (χ3v) is 5.77. The maximum atomic E-state index is 12.4. The summed E-state index contributed by atoms with van der Waals surface area (Å²) in [5, 5.41) is 1.09. The van der Waals surface area contributed by atoms with E-state index in [0.717, 1.165) is 21.2 Å². The highest BCUT2D eigenvalue weighted by Gasteiger charge is 2.18. The Bertz CT molecular complexity index is 1030. The number of rotatable bonds is 5. The minimum Gasteiger partial charge on any atom is -0.497 e. The van der Waals surface area contributed by atoms with Crippen molar-refractivity contribution >= 4 is 44.8 Å². The van der Waals surface area contributed by atoms with Gasteiger partial charge in [-0.25, -0.2) is 0 Å². The summed E-state index contributed by atoms with van der Waals surface area (Å²) >= 11 is 7.53. The largest absolute Gasteiger partial charge is 0.497 e. The maximum Gasteiger partial charge on any atom is 0.281 e. The number of hydrogen-bond acceptors (Lipinski definition) is 5. The van der Waals surface area contributed by atoms with Gasteiger partial charge >= 0.3 is 0 Å². The van der Waals surface area contributed by atoms with Crippen molar-refractivity contribution in [1.29, 1.82) is 0 Å². The van der Waals surface area contributed by atoms with Crippen LogP contribution in [0.15, 0.2) is 36.4 Å². The number of para-hydroxylation sites is 1. The Morgan fingerprint density at radius 1 is 1.11 bits per heavy atom. The number of aryl methyl sites for hydroxylation is 2. The SMILES string of the molecule is COc1ccc2c(Cl)c(C(=O)NNC(=O)COc3c(C)cccc3C)sc2c1. The molecule has 0 fully saturated rings. The number of methoxy groups -OCH3 is 1. The monoisotopic (exact) mass is 418 g/mol. The van der Waals surface area contributed by atoms with Crippen LogP contribution < -0.4 is 20.3 Å². The molecule has 1 heterocycles. The predicted molar refractivity (Wildman–Crippen MR) is 110 cm³/mol. The molecule has 0 radical (unpaired) electrons. The van der Waals surface area contributed by atoms with Crippen LogP contribution in [0.3, 0.4) is 0 Å². The molecule has 6 nitrogen and oxygen atoms in total. The molecule has 0 spiro atoms. The van der Waals surface area contributed by atoms with Gasteiger partial charge in [-0.2, -0.15) is 0 Å². The van der Waals surface area contributed by atoms with E-state index in [1.807, 2.05) is 32.0 Å². The van der Waals surface area contributed by atoms with Crippen molar-refractivity contribution in [3.63, 3.8) is 0 Å². The summed E-state index contributed by atoms with van der Waals surface area (Å²) in [5.41, 5.74) is 6.58. The van der Waals surface area contributed by atoms with Crippen molar-refractivity contribution < 1.29 is 19.1 Å². The Labute approximate surface area is 171 Å². The molecule has 3 rings (SSSR count). The summed E-state index contributed by atoms with van der Waals surface area (Å²) in [5.74, 6) is 0.361. The quantitative estimate of drug-likeness (QED) is 0.613. The zero-order valence-electron chi connectivity index (χ0n) is 15.6. The molecule has 1 aromatic heterocycles. The van der Waals surface area contributed by atoms with E-state index in [0.29, 0.717) is 21.4 Å². The lowest BCUT2D eigenvalue weighted by molar-refractivity contribution is -0.123. The number of hydrazine groups is 1. The van der Waals surface area contributed by atoms with Gasteiger partial charge in [0.05, 0.1) is 12.1 Å². The predicted octanol–water partition coefficient (Wildman–Crippen LogP) is 4.02. The fourth-order valence-corrected chi connectivity index (χ4v) is 4.14. The molecule has 146 valence electrons. The van der Waals surface area contributed by atoms with E-state index in [-0.39, 0.29) is 6.61 Å². The Balaban J connectivity index is 1.61. The minimum atomic E-state index is -0.495. The summed E-state index contributed by atoms with van der Waals surface area (Å²) in [7, 11) is 1.57. The number of thiophene rings is 1. The first kappa shape index (κ1) is 20.0. The number of nitrogens with one attached hydrogen (secondary N) is 2. The standard InChI is InChI=1S/C20H19ClN2O4S/c1-11-5-4-6-12(2)18(11)27-10-16(24)22-23-20(25)19-17(21)14-8-7-13(26-3)9-15(14)28-19/h4-9H,10H2,1-3H3,(H,22,24)(H,23,25). The van der Waals surface area contributed by atoms with Gasteiger partial charge < -0.3 is 9.47 Å². The molecule has 8 heteroatoms. The fourth-order valence-electron chi connectivity index (χ4n) is 2.70. The van der Waals surface area contributed by atoms with Gasteiger partial charge in [-0.3, -0.25) is 20.4 Å². The van der Waals surface area contributed by atoms with Crippen molar-refractivity contribution in [2.45, 2.75) is 13.8 Å². The normalized spacial score (nSPS) is 10.6. The number of carbonyl (C=O) groups excluding carboxylic acids is 2. The van der Waals surface area contributed by atoms with Gasteiger partial charge in [-0.05, 0) is 43.2 Å². The summed E-state index contributed by atoms with van der Waals surface area (Å²) in [6.45, 7) is 3.59. The number of amides is 2. The van der Waals surface area contributed by atoms with Crippen LogP contribution >= 0.6 is 22.9 Å². The second kappa shape index (κ2) is 8.50. The second-order valence-electron chi connectivity index (χ2n) is 6.12. The first-order valence-electron chi connectivity index (χ1n) is 8.45. The minimum absolute atomic E-state index is 0.219. The van der Waals surface area contributed by atoms with Crippen molar-refractivity contribution in [2.24, 2.45) is 0 Å². The van der Waals surface area contributed by atoms with Crippen molar-refractivity contribution in [3.8, 4) is 11.5 Å². The summed E-state index contributed by atoms with van der Waals surface area (Å²) < 4.78 is 11.6. The van der Waals surface area contributed by atoms with Crippen LogP contribution in [0.1, 0.15) is 20.8 Å². The first-order valence-corrected chi connectivity index (χ1v) is 9.64. The molecular formula is C20H19ClN2O4S. The van der Waals surface area contributed by atoms with Gasteiger partial charge in [0.15, 0.2) is 6.61 Å². The van der Waals surface area contributed by atoms with Crippen LogP contribution in [0.25, 0.3) is 10.1 Å². The molecule has 2 N–H and O–H groups in total. The Morgan fingerprint density at radius 2 is 1.82 bits per heavy atom. The molecule has 0 aliphatic carbocycles. The smallest absolute Gasteiger partial charge is 0.281 e. The van der Waals surface area contributed by atoms with Gasteiger partial charge in [-0.15, -0.1) is 11.3 Å². The Hall–Kier alpha value is -2.77. The van der Waals surface area contributed by atoms with Gasteiger partial charge in [0, 0.05) is 10.1 Å². The molecule has 0 saturated heterocycles. The third kappa shape index (κ3) is 4.21. The molecule has 0 aliphatic heterocycles. The van der Waals surface area contributed by atoms with E-state index in [1.54, 1.807) is 25.3 Å². The second-order valence-corrected chi connectivity index (χ2v) is 7.55. The Kier molecular flexibility index (Phi) is 6.06. The molecule has 0 aliphatic rings. The summed E-state index contributed by atoms with van der Waals surface area (Å²) in [4.78, 5) is 24.7. The van der Waals surface area contributed by atoms with E-state index >= 15 is 0 Å². The molecule has 0 saturated carbocycles. The first-order chi connectivity index (χ1) is 13.4. The highest BCUT2D eigenvalue weighted by molar-refractivity contribution is 7.21. The highest BCUT2D eigenvalue weighted by atomic mass is 35.5. The fraction of sp³-hybridized carbons (Fsp3) is 0.200. The molecule has 0 atom stereocenters. The van der Waals surface area contributed by atoms with Crippen LogP contribution in [0.4, 0.5) is 0 Å². The van der Waals surface area contributed by atoms with Gasteiger partial charge in [0.2, 0.25) is 0 Å². The number of hydrogen-bond donors (Lipinski definition) is 2. The molecule has 3 aromatic rings. The van der Waals surface area contributed by atoms with Crippen molar-refractivity contribution in [1.82, 2.24) is 10.9 Å². The van der Waals surface area contributed by atoms with E-state index in [2.05, 4.69) is 10.9 Å². The van der Waals surface area contributed by atoms with E-state index < -0.39 is 11.8 Å². The third-order valence-electron chi connectivity index (χ3n) is 4.11. The van der Waals surface area contributed by atoms with E-state index in [1.165, 1.54) is 11.3 Å². The van der Waals surface area contributed by atoms with Gasteiger partial charge in [0.1, 0.15) is 16.4 Å². The molecule has 0 bridgehead atoms. The zero-order valence-corrected chi connectivity index (χ0v) is 17.2. The van der Waals surface area contributed by atoms with Crippen LogP contribution in [0.5, 0.6) is 11.5 Å². The molecule has 28 heavy (non-hydrogen) atoms. The lowest BCUT2D eigenvalue weighted by Gasteiger charge is -2.12. The zero-order chi connectivity index (χ0) is 20.3. The Morgan fingerprint density at radius 3 is 2.50 bits per heavy atom. The number of halogens is 1. The van der Waals surface area contributed by atoms with Crippen LogP contribution in [0, 0.1) is 13.8 Å². The lowest BCUT2D eigenvalue weighted by Crippen LogP contribution is -2.43. The molecule has 2 amide bonds. The van der Waals surface area contributed by atoms with Crippen LogP contribution in [0.2, 0.25) is 5.02 Å². The number of benzene rings is 2. The highest BCUT2D eigenvalue weighted by Crippen LogP contribution is 2.37. The lowest BCUT2D eigenvalue weighted by atomic mass is 10.1. The molecular weight excluding hydrogens is 400 g/mol. The number of fused-ring (bicyclic) bond motifs is 1. The summed E-state index contributed by atoms with van der Waals surface area (Å²) in [6.07, 6.45) is 0. The number of ether oxygens (including phenoxy) is 2. The van der Waals surface area contributed by atoms with E-state index in [9.17, 15) is 9.59 Å². The van der Waals surface area contributed by atoms with Crippen LogP contribution in [-0.4, -0.2) is 25.5 Å². The van der Waals surface area contributed by atoms with Gasteiger partial charge in [0.25, 0.3) is 11.8 Å². The van der Waals surface area contributed by atoms with Gasteiger partial charge in [-0.1, -0.05) is 29.8 Å². The maximum absolute atomic E-state index is 12.4. The average molecular weight is 419 g/mol. The molecule has 2 aromatic carbocycles. The number of carbonyl (C=O) groups is 2. The average Bonchev–Trinajstić information content (AvgIpc) is 3.01. The van der Waals surface area contributed by atoms with Crippen molar-refractivity contribution in [2.75, 3.05) is 13.7 Å². The van der Waals surface area contributed by atoms with Crippen LogP contribution in [-0.2, 0) is 4.79 Å². The van der Waals surface area contributed by atoms with E-state index in [4.69, 9.17) is 21.1 Å². The topological polar surface area (TPSA) is 76.7 Å². The summed E-state index contributed by atoms with van der Waals surface area (Å²) in [6, 6.07) is 11.1. The van der Waals surface area contributed by atoms with Crippen molar-refractivity contribution in [3.05, 3.63) is 57.4 Å².